The molecule has 6 rings (SSSR count). The lowest BCUT2D eigenvalue weighted by Crippen LogP contribution is -2.61. The second-order valence-corrected chi connectivity index (χ2v) is 7.49. The van der Waals surface area contributed by atoms with Gasteiger partial charge in [0.25, 0.3) is 5.91 Å². The van der Waals surface area contributed by atoms with Crippen molar-refractivity contribution in [2.75, 3.05) is 45.8 Å². The quantitative estimate of drug-likeness (QED) is 0.801. The van der Waals surface area contributed by atoms with Gasteiger partial charge < -0.3 is 9.80 Å². The first kappa shape index (κ1) is 15.3. The van der Waals surface area contributed by atoms with Gasteiger partial charge in [0.15, 0.2) is 0 Å². The zero-order valence-corrected chi connectivity index (χ0v) is 14.4. The standard InChI is InChI=1S/C18H24N6O/c25-17(15-12-24-5-1-4-19-18(24)20-15)23-10-8-22(9-11-23)16-13-21-6-2-14(16)3-7-21/h1,4-5,12,14,16H,2-3,6-11,13H2. The topological polar surface area (TPSA) is 57.0 Å². The van der Waals surface area contributed by atoms with Gasteiger partial charge in [0.2, 0.25) is 5.78 Å². The molecule has 0 aromatic carbocycles. The molecule has 132 valence electrons. The van der Waals surface area contributed by atoms with Crippen molar-refractivity contribution in [1.29, 1.82) is 0 Å². The zero-order chi connectivity index (χ0) is 16.8. The normalized spacial score (nSPS) is 30.1. The van der Waals surface area contributed by atoms with Crippen molar-refractivity contribution in [3.05, 3.63) is 30.4 Å². The van der Waals surface area contributed by atoms with Crippen LogP contribution in [-0.2, 0) is 0 Å². The lowest BCUT2D eigenvalue weighted by Gasteiger charge is -2.50. The summed E-state index contributed by atoms with van der Waals surface area (Å²) in [6.45, 7) is 7.32. The molecule has 25 heavy (non-hydrogen) atoms. The van der Waals surface area contributed by atoms with Gasteiger partial charge in [0, 0.05) is 57.4 Å². The fourth-order valence-corrected chi connectivity index (χ4v) is 4.70. The van der Waals surface area contributed by atoms with Crippen molar-refractivity contribution in [3.63, 3.8) is 0 Å². The minimum absolute atomic E-state index is 0.0269. The Morgan fingerprint density at radius 1 is 1.08 bits per heavy atom. The van der Waals surface area contributed by atoms with E-state index in [2.05, 4.69) is 19.8 Å². The lowest BCUT2D eigenvalue weighted by molar-refractivity contribution is -0.0131. The molecule has 1 atom stereocenters. The summed E-state index contributed by atoms with van der Waals surface area (Å²) in [5.74, 6) is 1.47. The van der Waals surface area contributed by atoms with E-state index in [0.29, 0.717) is 17.5 Å². The van der Waals surface area contributed by atoms with Crippen LogP contribution in [0.25, 0.3) is 5.78 Å². The molecule has 0 spiro atoms. The number of hydrogen-bond donors (Lipinski definition) is 0. The SMILES string of the molecule is O=C(c1cn2cccnc2n1)N1CCN(C2CN3CCC2CC3)CC1. The molecule has 7 nitrogen and oxygen atoms in total. The van der Waals surface area contributed by atoms with E-state index in [-0.39, 0.29) is 5.91 Å². The van der Waals surface area contributed by atoms with Gasteiger partial charge in [-0.1, -0.05) is 0 Å². The molecule has 4 aliphatic rings. The number of nitrogens with zero attached hydrogens (tertiary/aromatic N) is 6. The highest BCUT2D eigenvalue weighted by Crippen LogP contribution is 2.31. The largest absolute Gasteiger partial charge is 0.335 e. The van der Waals surface area contributed by atoms with Crippen LogP contribution in [0.15, 0.2) is 24.7 Å². The van der Waals surface area contributed by atoms with E-state index < -0.39 is 0 Å². The fraction of sp³-hybridized carbons (Fsp3) is 0.611. The lowest BCUT2D eigenvalue weighted by atomic mass is 9.83. The zero-order valence-electron chi connectivity index (χ0n) is 14.4. The first-order valence-electron chi connectivity index (χ1n) is 9.33. The number of rotatable bonds is 2. The third kappa shape index (κ3) is 2.71. The maximum absolute atomic E-state index is 12.8. The highest BCUT2D eigenvalue weighted by Gasteiger charge is 2.38. The molecule has 0 aliphatic carbocycles. The Kier molecular flexibility index (Phi) is 3.71. The van der Waals surface area contributed by atoms with Crippen molar-refractivity contribution in [1.82, 2.24) is 29.1 Å². The van der Waals surface area contributed by atoms with Gasteiger partial charge in [-0.25, -0.2) is 9.97 Å². The maximum Gasteiger partial charge on any atom is 0.274 e. The molecule has 2 bridgehead atoms. The van der Waals surface area contributed by atoms with Crippen molar-refractivity contribution in [2.24, 2.45) is 5.92 Å². The van der Waals surface area contributed by atoms with E-state index in [1.54, 1.807) is 16.8 Å². The van der Waals surface area contributed by atoms with Gasteiger partial charge >= 0.3 is 0 Å². The molecule has 1 amide bonds. The van der Waals surface area contributed by atoms with Crippen LogP contribution in [0.5, 0.6) is 0 Å². The number of imidazole rings is 1. The van der Waals surface area contributed by atoms with Gasteiger partial charge in [-0.15, -0.1) is 0 Å². The van der Waals surface area contributed by atoms with Gasteiger partial charge in [-0.05, 0) is 37.9 Å². The Morgan fingerprint density at radius 3 is 2.56 bits per heavy atom. The molecule has 2 aromatic heterocycles. The third-order valence-electron chi connectivity index (χ3n) is 6.15. The summed E-state index contributed by atoms with van der Waals surface area (Å²) in [7, 11) is 0. The molecule has 0 radical (unpaired) electrons. The van der Waals surface area contributed by atoms with E-state index in [1.807, 2.05) is 17.2 Å². The number of piperidine rings is 3. The average Bonchev–Trinajstić information content (AvgIpc) is 3.13. The number of carbonyl (C=O) groups is 1. The molecule has 4 fully saturated rings. The second-order valence-electron chi connectivity index (χ2n) is 7.49. The van der Waals surface area contributed by atoms with E-state index in [0.717, 1.165) is 32.1 Å². The summed E-state index contributed by atoms with van der Waals surface area (Å²) in [6.07, 6.45) is 8.04. The third-order valence-corrected chi connectivity index (χ3v) is 6.15. The number of hydrogen-bond acceptors (Lipinski definition) is 5. The summed E-state index contributed by atoms with van der Waals surface area (Å²) in [5.41, 5.74) is 0.495. The van der Waals surface area contributed by atoms with Crippen molar-refractivity contribution >= 4 is 11.7 Å². The fourth-order valence-electron chi connectivity index (χ4n) is 4.70. The first-order chi connectivity index (χ1) is 12.3. The summed E-state index contributed by atoms with van der Waals surface area (Å²) in [6, 6.07) is 2.54. The minimum Gasteiger partial charge on any atom is -0.335 e. The molecular formula is C18H24N6O. The van der Waals surface area contributed by atoms with E-state index in [9.17, 15) is 4.79 Å². The molecule has 6 heterocycles. The van der Waals surface area contributed by atoms with E-state index >= 15 is 0 Å². The molecule has 4 aliphatic heterocycles. The number of piperazine rings is 1. The summed E-state index contributed by atoms with van der Waals surface area (Å²) >= 11 is 0. The van der Waals surface area contributed by atoms with Gasteiger partial charge in [0.05, 0.1) is 0 Å². The van der Waals surface area contributed by atoms with Crippen LogP contribution < -0.4 is 0 Å². The van der Waals surface area contributed by atoms with Gasteiger partial charge in [-0.3, -0.25) is 14.1 Å². The van der Waals surface area contributed by atoms with E-state index in [4.69, 9.17) is 0 Å². The summed E-state index contributed by atoms with van der Waals surface area (Å²) < 4.78 is 1.80. The Hall–Kier alpha value is -1.99. The Labute approximate surface area is 147 Å². The monoisotopic (exact) mass is 340 g/mol. The predicted molar refractivity (Wildman–Crippen MR) is 93.4 cm³/mol. The van der Waals surface area contributed by atoms with Crippen LogP contribution in [0, 0.1) is 5.92 Å². The number of fused-ring (bicyclic) bond motifs is 4. The number of amides is 1. The second kappa shape index (κ2) is 6.07. The minimum atomic E-state index is 0.0269. The average molecular weight is 340 g/mol. The van der Waals surface area contributed by atoms with Crippen LogP contribution in [-0.4, -0.2) is 86.8 Å². The molecule has 0 saturated carbocycles. The maximum atomic E-state index is 12.8. The van der Waals surface area contributed by atoms with Crippen LogP contribution in [0.1, 0.15) is 23.3 Å². The molecule has 1 unspecified atom stereocenters. The van der Waals surface area contributed by atoms with E-state index in [1.165, 1.54) is 32.5 Å². The van der Waals surface area contributed by atoms with Crippen molar-refractivity contribution in [3.8, 4) is 0 Å². The Morgan fingerprint density at radius 2 is 1.88 bits per heavy atom. The van der Waals surface area contributed by atoms with Gasteiger partial charge in [0.1, 0.15) is 5.69 Å². The molecular weight excluding hydrogens is 316 g/mol. The van der Waals surface area contributed by atoms with Crippen LogP contribution in [0.4, 0.5) is 0 Å². The Bertz CT molecular complexity index is 740. The molecule has 7 heteroatoms. The number of carbonyl (C=O) groups excluding carboxylic acids is 1. The van der Waals surface area contributed by atoms with Crippen LogP contribution in [0.2, 0.25) is 0 Å². The molecule has 0 N–H and O–H groups in total. The van der Waals surface area contributed by atoms with Crippen LogP contribution >= 0.6 is 0 Å². The first-order valence-corrected chi connectivity index (χ1v) is 9.33. The van der Waals surface area contributed by atoms with Crippen LogP contribution in [0.3, 0.4) is 0 Å². The van der Waals surface area contributed by atoms with Crippen molar-refractivity contribution in [2.45, 2.75) is 18.9 Å². The smallest absolute Gasteiger partial charge is 0.274 e. The molecule has 4 saturated heterocycles. The van der Waals surface area contributed by atoms with Gasteiger partial charge in [-0.2, -0.15) is 0 Å². The summed E-state index contributed by atoms with van der Waals surface area (Å²) in [5, 5.41) is 0. The highest BCUT2D eigenvalue weighted by atomic mass is 16.2. The number of aromatic nitrogens is 3. The Balaban J connectivity index is 1.24. The summed E-state index contributed by atoms with van der Waals surface area (Å²) in [4.78, 5) is 28.5. The highest BCUT2D eigenvalue weighted by molar-refractivity contribution is 5.92. The predicted octanol–water partition coefficient (Wildman–Crippen LogP) is 0.581. The van der Waals surface area contributed by atoms with Crippen molar-refractivity contribution < 1.29 is 4.79 Å². The molecule has 2 aromatic rings.